The average molecular weight is 245 g/mol. The summed E-state index contributed by atoms with van der Waals surface area (Å²) in [4.78, 5) is 11.7. The van der Waals surface area contributed by atoms with E-state index in [1.54, 1.807) is 0 Å². The fraction of sp³-hybridized carbons (Fsp3) is 0.923. The lowest BCUT2D eigenvalue weighted by molar-refractivity contribution is -0.146. The van der Waals surface area contributed by atoms with E-state index in [0.29, 0.717) is 13.2 Å². The number of aliphatic hydroxyl groups is 1. The fourth-order valence-corrected chi connectivity index (χ4v) is 1.63. The molecule has 0 aromatic heterocycles. The number of ether oxygens (including phenoxy) is 1. The quantitative estimate of drug-likeness (QED) is 0.607. The SMILES string of the molecule is CCCC(NCC(C)(C)CCO)C(=O)OCC. The smallest absolute Gasteiger partial charge is 0.323 e. The van der Waals surface area contributed by atoms with Crippen LogP contribution in [0.1, 0.15) is 47.0 Å². The van der Waals surface area contributed by atoms with E-state index in [9.17, 15) is 4.79 Å². The first-order valence-corrected chi connectivity index (χ1v) is 6.47. The van der Waals surface area contributed by atoms with E-state index in [0.717, 1.165) is 19.3 Å². The number of carbonyl (C=O) groups is 1. The van der Waals surface area contributed by atoms with Crippen LogP contribution in [0.5, 0.6) is 0 Å². The molecule has 0 spiro atoms. The van der Waals surface area contributed by atoms with Crippen molar-refractivity contribution in [2.24, 2.45) is 5.41 Å². The van der Waals surface area contributed by atoms with E-state index >= 15 is 0 Å². The Labute approximate surface area is 105 Å². The molecule has 2 N–H and O–H groups in total. The summed E-state index contributed by atoms with van der Waals surface area (Å²) in [5, 5.41) is 12.2. The Bertz CT molecular complexity index is 217. The van der Waals surface area contributed by atoms with E-state index in [1.807, 2.05) is 13.8 Å². The molecule has 0 aliphatic heterocycles. The Hall–Kier alpha value is -0.610. The Morgan fingerprint density at radius 2 is 2.06 bits per heavy atom. The number of rotatable bonds is 9. The molecule has 4 heteroatoms. The van der Waals surface area contributed by atoms with Crippen LogP contribution < -0.4 is 5.32 Å². The Morgan fingerprint density at radius 1 is 1.41 bits per heavy atom. The van der Waals surface area contributed by atoms with E-state index in [1.165, 1.54) is 0 Å². The van der Waals surface area contributed by atoms with Gasteiger partial charge >= 0.3 is 5.97 Å². The number of carbonyl (C=O) groups excluding carboxylic acids is 1. The molecule has 1 unspecified atom stereocenters. The summed E-state index contributed by atoms with van der Waals surface area (Å²) < 4.78 is 5.03. The monoisotopic (exact) mass is 245 g/mol. The van der Waals surface area contributed by atoms with Gasteiger partial charge in [0.05, 0.1) is 6.61 Å². The highest BCUT2D eigenvalue weighted by atomic mass is 16.5. The zero-order valence-corrected chi connectivity index (χ0v) is 11.6. The molecule has 0 heterocycles. The lowest BCUT2D eigenvalue weighted by Crippen LogP contribution is -2.43. The van der Waals surface area contributed by atoms with Crippen LogP contribution in [0.15, 0.2) is 0 Å². The molecule has 0 aromatic rings. The molecule has 4 nitrogen and oxygen atoms in total. The molecule has 0 saturated heterocycles. The zero-order valence-electron chi connectivity index (χ0n) is 11.6. The van der Waals surface area contributed by atoms with E-state index in [4.69, 9.17) is 9.84 Å². The van der Waals surface area contributed by atoms with Crippen LogP contribution in [0.25, 0.3) is 0 Å². The third-order valence-corrected chi connectivity index (χ3v) is 2.76. The molecule has 0 fully saturated rings. The largest absolute Gasteiger partial charge is 0.465 e. The second kappa shape index (κ2) is 8.48. The minimum absolute atomic E-state index is 0.00671. The van der Waals surface area contributed by atoms with Gasteiger partial charge in [0, 0.05) is 13.2 Å². The highest BCUT2D eigenvalue weighted by molar-refractivity contribution is 5.75. The van der Waals surface area contributed by atoms with Crippen LogP contribution in [0.3, 0.4) is 0 Å². The van der Waals surface area contributed by atoms with Crippen molar-refractivity contribution in [1.29, 1.82) is 0 Å². The third-order valence-electron chi connectivity index (χ3n) is 2.76. The van der Waals surface area contributed by atoms with Crippen LogP contribution in [0, 0.1) is 5.41 Å². The molecular formula is C13H27NO3. The summed E-state index contributed by atoms with van der Waals surface area (Å²) in [5.74, 6) is -0.172. The molecule has 0 rings (SSSR count). The summed E-state index contributed by atoms with van der Waals surface area (Å²) in [6, 6.07) is -0.224. The molecule has 17 heavy (non-hydrogen) atoms. The maximum absolute atomic E-state index is 11.7. The summed E-state index contributed by atoms with van der Waals surface area (Å²) in [7, 11) is 0. The number of hydrogen-bond donors (Lipinski definition) is 2. The summed E-state index contributed by atoms with van der Waals surface area (Å²) in [5.41, 5.74) is -0.00671. The molecule has 1 atom stereocenters. The standard InChI is InChI=1S/C13H27NO3/c1-5-7-11(12(16)17-6-2)14-10-13(3,4)8-9-15/h11,14-15H,5-10H2,1-4H3. The van der Waals surface area contributed by atoms with Crippen LogP contribution in [0.4, 0.5) is 0 Å². The van der Waals surface area contributed by atoms with Crippen molar-refractivity contribution >= 4 is 5.97 Å². The molecule has 0 amide bonds. The molecule has 102 valence electrons. The minimum Gasteiger partial charge on any atom is -0.465 e. The van der Waals surface area contributed by atoms with E-state index in [2.05, 4.69) is 19.2 Å². The van der Waals surface area contributed by atoms with Gasteiger partial charge in [0.25, 0.3) is 0 Å². The number of hydrogen-bond acceptors (Lipinski definition) is 4. The topological polar surface area (TPSA) is 58.6 Å². The zero-order chi connectivity index (χ0) is 13.3. The summed E-state index contributed by atoms with van der Waals surface area (Å²) in [6.07, 6.45) is 2.45. The van der Waals surface area contributed by atoms with Gasteiger partial charge in [-0.2, -0.15) is 0 Å². The van der Waals surface area contributed by atoms with Gasteiger partial charge < -0.3 is 15.2 Å². The third kappa shape index (κ3) is 7.34. The molecule has 0 aromatic carbocycles. The van der Waals surface area contributed by atoms with Gasteiger partial charge in [-0.05, 0) is 25.2 Å². The highest BCUT2D eigenvalue weighted by Crippen LogP contribution is 2.18. The van der Waals surface area contributed by atoms with Gasteiger partial charge in [-0.15, -0.1) is 0 Å². The van der Waals surface area contributed by atoms with Crippen molar-refractivity contribution in [2.75, 3.05) is 19.8 Å². The van der Waals surface area contributed by atoms with Crippen LogP contribution >= 0.6 is 0 Å². The van der Waals surface area contributed by atoms with E-state index < -0.39 is 0 Å². The summed E-state index contributed by atoms with van der Waals surface area (Å²) in [6.45, 7) is 9.31. The van der Waals surface area contributed by atoms with Crippen molar-refractivity contribution in [1.82, 2.24) is 5.32 Å². The molecule has 0 radical (unpaired) electrons. The van der Waals surface area contributed by atoms with Crippen LogP contribution in [-0.4, -0.2) is 36.9 Å². The first-order chi connectivity index (χ1) is 7.96. The molecule has 0 aliphatic carbocycles. The number of esters is 1. The molecule has 0 bridgehead atoms. The number of nitrogens with one attached hydrogen (secondary N) is 1. The second-order valence-electron chi connectivity index (χ2n) is 5.11. The van der Waals surface area contributed by atoms with Crippen molar-refractivity contribution in [3.05, 3.63) is 0 Å². The number of aliphatic hydroxyl groups excluding tert-OH is 1. The first-order valence-electron chi connectivity index (χ1n) is 6.47. The molecule has 0 saturated carbocycles. The van der Waals surface area contributed by atoms with Gasteiger partial charge in [0.15, 0.2) is 0 Å². The lowest BCUT2D eigenvalue weighted by atomic mass is 9.89. The van der Waals surface area contributed by atoms with Crippen molar-refractivity contribution in [3.63, 3.8) is 0 Å². The lowest BCUT2D eigenvalue weighted by Gasteiger charge is -2.27. The first kappa shape index (κ1) is 16.4. The second-order valence-corrected chi connectivity index (χ2v) is 5.11. The Balaban J connectivity index is 4.20. The van der Waals surface area contributed by atoms with Gasteiger partial charge in [-0.25, -0.2) is 0 Å². The predicted molar refractivity (Wildman–Crippen MR) is 68.8 cm³/mol. The van der Waals surface area contributed by atoms with Crippen LogP contribution in [-0.2, 0) is 9.53 Å². The van der Waals surface area contributed by atoms with Gasteiger partial charge in [0.2, 0.25) is 0 Å². The highest BCUT2D eigenvalue weighted by Gasteiger charge is 2.23. The maximum Gasteiger partial charge on any atom is 0.323 e. The van der Waals surface area contributed by atoms with Crippen LogP contribution in [0.2, 0.25) is 0 Å². The van der Waals surface area contributed by atoms with Gasteiger partial charge in [0.1, 0.15) is 6.04 Å². The molecular weight excluding hydrogens is 218 g/mol. The van der Waals surface area contributed by atoms with E-state index in [-0.39, 0.29) is 24.0 Å². The maximum atomic E-state index is 11.7. The average Bonchev–Trinajstić information content (AvgIpc) is 2.24. The Morgan fingerprint density at radius 3 is 2.53 bits per heavy atom. The molecule has 0 aliphatic rings. The normalized spacial score (nSPS) is 13.5. The fourth-order valence-electron chi connectivity index (χ4n) is 1.63. The Kier molecular flexibility index (Phi) is 8.17. The van der Waals surface area contributed by atoms with Crippen molar-refractivity contribution < 1.29 is 14.6 Å². The minimum atomic E-state index is -0.224. The van der Waals surface area contributed by atoms with Crippen molar-refractivity contribution in [3.8, 4) is 0 Å². The summed E-state index contributed by atoms with van der Waals surface area (Å²) >= 11 is 0. The van der Waals surface area contributed by atoms with Crippen molar-refractivity contribution in [2.45, 2.75) is 53.0 Å². The predicted octanol–water partition coefficient (Wildman–Crippen LogP) is 1.72. The van der Waals surface area contributed by atoms with Gasteiger partial charge in [-0.1, -0.05) is 27.2 Å². The van der Waals surface area contributed by atoms with Gasteiger partial charge in [-0.3, -0.25) is 4.79 Å².